The Kier molecular flexibility index (Phi) is 4.65. The molecule has 2 aromatic carbocycles. The molecule has 1 aliphatic heterocycles. The van der Waals surface area contributed by atoms with Crippen LogP contribution < -0.4 is 14.8 Å². The second kappa shape index (κ2) is 7.41. The van der Waals surface area contributed by atoms with Gasteiger partial charge in [0.05, 0.1) is 6.54 Å². The standard InChI is InChI=1S/C20H20N4O3/c1-23(12-16-5-8-18-19(11-16)27-14-26-18)20(25)22-17-6-3-15(4-7-17)13-24-10-2-9-21-24/h2-11H,12-14H2,1H3,(H,22,25). The molecule has 0 aliphatic carbocycles. The van der Waals surface area contributed by atoms with Gasteiger partial charge in [0.25, 0.3) is 0 Å². The molecule has 1 aliphatic rings. The lowest BCUT2D eigenvalue weighted by atomic mass is 10.2. The molecule has 0 bridgehead atoms. The first-order chi connectivity index (χ1) is 13.2. The fraction of sp³-hybridized carbons (Fsp3) is 0.200. The van der Waals surface area contributed by atoms with Gasteiger partial charge in [0.1, 0.15) is 0 Å². The van der Waals surface area contributed by atoms with E-state index in [1.807, 2.05) is 59.4 Å². The summed E-state index contributed by atoms with van der Waals surface area (Å²) in [7, 11) is 1.76. The van der Waals surface area contributed by atoms with E-state index < -0.39 is 0 Å². The van der Waals surface area contributed by atoms with Crippen molar-refractivity contribution in [3.05, 3.63) is 72.1 Å². The topological polar surface area (TPSA) is 68.6 Å². The number of carbonyl (C=O) groups is 1. The highest BCUT2D eigenvalue weighted by molar-refractivity contribution is 5.89. The van der Waals surface area contributed by atoms with Gasteiger partial charge in [-0.25, -0.2) is 4.79 Å². The Labute approximate surface area is 157 Å². The highest BCUT2D eigenvalue weighted by atomic mass is 16.7. The van der Waals surface area contributed by atoms with Gasteiger partial charge in [-0.15, -0.1) is 0 Å². The van der Waals surface area contributed by atoms with E-state index in [-0.39, 0.29) is 12.8 Å². The van der Waals surface area contributed by atoms with Gasteiger partial charge in [-0.2, -0.15) is 5.10 Å². The first-order valence-electron chi connectivity index (χ1n) is 8.64. The van der Waals surface area contributed by atoms with Crippen molar-refractivity contribution >= 4 is 11.7 Å². The molecule has 27 heavy (non-hydrogen) atoms. The van der Waals surface area contributed by atoms with Gasteiger partial charge in [0.2, 0.25) is 6.79 Å². The number of aromatic nitrogens is 2. The summed E-state index contributed by atoms with van der Waals surface area (Å²) >= 11 is 0. The average molecular weight is 364 g/mol. The Morgan fingerprint density at radius 1 is 1.15 bits per heavy atom. The third kappa shape index (κ3) is 4.03. The van der Waals surface area contributed by atoms with Crippen LogP contribution in [-0.2, 0) is 13.1 Å². The van der Waals surface area contributed by atoms with Crippen LogP contribution in [0.5, 0.6) is 11.5 Å². The van der Waals surface area contributed by atoms with Crippen molar-refractivity contribution < 1.29 is 14.3 Å². The van der Waals surface area contributed by atoms with Crippen LogP contribution in [0.2, 0.25) is 0 Å². The number of fused-ring (bicyclic) bond motifs is 1. The molecular weight excluding hydrogens is 344 g/mol. The lowest BCUT2D eigenvalue weighted by molar-refractivity contribution is 0.174. The number of rotatable bonds is 5. The zero-order chi connectivity index (χ0) is 18.6. The summed E-state index contributed by atoms with van der Waals surface area (Å²) in [6, 6.07) is 15.2. The quantitative estimate of drug-likeness (QED) is 0.754. The number of amides is 2. The summed E-state index contributed by atoms with van der Waals surface area (Å²) in [5, 5.41) is 7.10. The van der Waals surface area contributed by atoms with Crippen molar-refractivity contribution in [3.63, 3.8) is 0 Å². The zero-order valence-corrected chi connectivity index (χ0v) is 15.0. The van der Waals surface area contributed by atoms with E-state index in [2.05, 4.69) is 10.4 Å². The second-order valence-corrected chi connectivity index (χ2v) is 6.37. The fourth-order valence-electron chi connectivity index (χ4n) is 2.88. The van der Waals surface area contributed by atoms with Crippen LogP contribution in [0.4, 0.5) is 10.5 Å². The summed E-state index contributed by atoms with van der Waals surface area (Å²) in [5.41, 5.74) is 2.85. The van der Waals surface area contributed by atoms with Crippen LogP contribution in [0.15, 0.2) is 60.9 Å². The molecule has 2 heterocycles. The molecule has 0 atom stereocenters. The predicted molar refractivity (Wildman–Crippen MR) is 101 cm³/mol. The molecule has 0 unspecified atom stereocenters. The van der Waals surface area contributed by atoms with Crippen LogP contribution in [0.3, 0.4) is 0 Å². The molecule has 2 amide bonds. The molecule has 0 fully saturated rings. The van der Waals surface area contributed by atoms with Crippen LogP contribution >= 0.6 is 0 Å². The van der Waals surface area contributed by atoms with E-state index in [0.717, 1.165) is 22.6 Å². The van der Waals surface area contributed by atoms with E-state index >= 15 is 0 Å². The van der Waals surface area contributed by atoms with E-state index in [0.29, 0.717) is 18.8 Å². The number of hydrogen-bond donors (Lipinski definition) is 1. The molecule has 0 spiro atoms. The third-order valence-corrected chi connectivity index (χ3v) is 4.31. The van der Waals surface area contributed by atoms with Gasteiger partial charge in [-0.05, 0) is 41.5 Å². The molecule has 7 heteroatoms. The summed E-state index contributed by atoms with van der Waals surface area (Å²) in [6.45, 7) is 1.41. The van der Waals surface area contributed by atoms with Crippen LogP contribution in [0.1, 0.15) is 11.1 Å². The van der Waals surface area contributed by atoms with Gasteiger partial charge in [0, 0.05) is 31.7 Å². The van der Waals surface area contributed by atoms with E-state index in [1.165, 1.54) is 0 Å². The smallest absolute Gasteiger partial charge is 0.321 e. The molecule has 1 N–H and O–H groups in total. The summed E-state index contributed by atoms with van der Waals surface area (Å²) in [6.07, 6.45) is 3.67. The minimum absolute atomic E-state index is 0.174. The molecule has 0 saturated carbocycles. The number of ether oxygens (including phenoxy) is 2. The van der Waals surface area contributed by atoms with Crippen molar-refractivity contribution in [2.75, 3.05) is 19.2 Å². The average Bonchev–Trinajstić information content (AvgIpc) is 3.34. The van der Waals surface area contributed by atoms with Crippen LogP contribution in [0, 0.1) is 0 Å². The number of benzene rings is 2. The number of hydrogen-bond acceptors (Lipinski definition) is 4. The minimum atomic E-state index is -0.174. The van der Waals surface area contributed by atoms with Crippen molar-refractivity contribution in [2.45, 2.75) is 13.1 Å². The highest BCUT2D eigenvalue weighted by Crippen LogP contribution is 2.32. The third-order valence-electron chi connectivity index (χ3n) is 4.31. The first kappa shape index (κ1) is 17.0. The molecule has 4 rings (SSSR count). The van der Waals surface area contributed by atoms with E-state index in [1.54, 1.807) is 18.1 Å². The van der Waals surface area contributed by atoms with Gasteiger partial charge in [-0.3, -0.25) is 4.68 Å². The SMILES string of the molecule is CN(Cc1ccc2c(c1)OCO2)C(=O)Nc1ccc(Cn2cccn2)cc1. The fourth-order valence-corrected chi connectivity index (χ4v) is 2.88. The number of nitrogens with one attached hydrogen (secondary N) is 1. The molecular formula is C20H20N4O3. The first-order valence-corrected chi connectivity index (χ1v) is 8.64. The Hall–Kier alpha value is -3.48. The van der Waals surface area contributed by atoms with Gasteiger partial charge in [-0.1, -0.05) is 18.2 Å². The molecule has 0 saturated heterocycles. The maximum Gasteiger partial charge on any atom is 0.321 e. The number of urea groups is 1. The normalized spacial score (nSPS) is 12.0. The monoisotopic (exact) mass is 364 g/mol. The maximum absolute atomic E-state index is 12.4. The number of anilines is 1. The van der Waals surface area contributed by atoms with Crippen LogP contribution in [-0.4, -0.2) is 34.6 Å². The van der Waals surface area contributed by atoms with Crippen molar-refractivity contribution in [1.82, 2.24) is 14.7 Å². The maximum atomic E-state index is 12.4. The summed E-state index contributed by atoms with van der Waals surface area (Å²) in [5.74, 6) is 1.45. The Bertz CT molecular complexity index is 923. The Morgan fingerprint density at radius 2 is 1.93 bits per heavy atom. The van der Waals surface area contributed by atoms with Crippen molar-refractivity contribution in [2.24, 2.45) is 0 Å². The van der Waals surface area contributed by atoms with Gasteiger partial charge < -0.3 is 19.7 Å². The predicted octanol–water partition coefficient (Wildman–Crippen LogP) is 3.32. The Balaban J connectivity index is 1.34. The number of nitrogens with zero attached hydrogens (tertiary/aromatic N) is 3. The lowest BCUT2D eigenvalue weighted by Gasteiger charge is -2.18. The molecule has 0 radical (unpaired) electrons. The zero-order valence-electron chi connectivity index (χ0n) is 15.0. The lowest BCUT2D eigenvalue weighted by Crippen LogP contribution is -2.30. The van der Waals surface area contributed by atoms with Crippen LogP contribution in [0.25, 0.3) is 0 Å². The molecule has 1 aromatic heterocycles. The highest BCUT2D eigenvalue weighted by Gasteiger charge is 2.15. The summed E-state index contributed by atoms with van der Waals surface area (Å²) < 4.78 is 12.5. The van der Waals surface area contributed by atoms with Gasteiger partial charge in [0.15, 0.2) is 11.5 Å². The Morgan fingerprint density at radius 3 is 2.70 bits per heavy atom. The minimum Gasteiger partial charge on any atom is -0.454 e. The second-order valence-electron chi connectivity index (χ2n) is 6.37. The molecule has 138 valence electrons. The van der Waals surface area contributed by atoms with Gasteiger partial charge >= 0.3 is 6.03 Å². The molecule has 7 nitrogen and oxygen atoms in total. The molecule has 3 aromatic rings. The summed E-state index contributed by atoms with van der Waals surface area (Å²) in [4.78, 5) is 14.1. The van der Waals surface area contributed by atoms with Crippen molar-refractivity contribution in [3.8, 4) is 11.5 Å². The van der Waals surface area contributed by atoms with E-state index in [9.17, 15) is 4.79 Å². The van der Waals surface area contributed by atoms with Crippen molar-refractivity contribution in [1.29, 1.82) is 0 Å². The number of carbonyl (C=O) groups excluding carboxylic acids is 1. The van der Waals surface area contributed by atoms with E-state index in [4.69, 9.17) is 9.47 Å². The largest absolute Gasteiger partial charge is 0.454 e.